The number of hydrogen-bond acceptors (Lipinski definition) is 4. The lowest BCUT2D eigenvalue weighted by Crippen LogP contribution is -2.41. The zero-order valence-electron chi connectivity index (χ0n) is 19.3. The second-order valence-corrected chi connectivity index (χ2v) is 8.18. The van der Waals surface area contributed by atoms with E-state index in [-0.39, 0.29) is 6.54 Å². The molecule has 1 amide bonds. The van der Waals surface area contributed by atoms with Crippen LogP contribution in [0, 0.1) is 20.8 Å². The highest BCUT2D eigenvalue weighted by Crippen LogP contribution is 2.25. The number of rotatable bonds is 5. The lowest BCUT2D eigenvalue weighted by molar-refractivity contribution is -0.116. The highest BCUT2D eigenvalue weighted by atomic mass is 16.5. The summed E-state index contributed by atoms with van der Waals surface area (Å²) in [5.74, 6) is 0.116. The van der Waals surface area contributed by atoms with Crippen molar-refractivity contribution in [1.29, 1.82) is 0 Å². The predicted molar refractivity (Wildman–Crippen MR) is 129 cm³/mol. The number of methoxy groups -OCH3 is 1. The average molecular weight is 447 g/mol. The molecular weight excluding hydrogens is 420 g/mol. The van der Waals surface area contributed by atoms with Crippen LogP contribution in [0.2, 0.25) is 0 Å². The Morgan fingerprint density at radius 3 is 2.42 bits per heavy atom. The average Bonchev–Trinajstić information content (AvgIpc) is 3.06. The van der Waals surface area contributed by atoms with Crippen molar-refractivity contribution in [2.24, 2.45) is 7.05 Å². The first-order valence-corrected chi connectivity index (χ1v) is 10.5. The van der Waals surface area contributed by atoms with Crippen LogP contribution in [0.15, 0.2) is 58.1 Å². The minimum absolute atomic E-state index is 0.262. The lowest BCUT2D eigenvalue weighted by atomic mass is 10.2. The molecule has 0 aliphatic carbocycles. The second-order valence-electron chi connectivity index (χ2n) is 8.18. The quantitative estimate of drug-likeness (QED) is 0.510. The number of hydrogen-bond donors (Lipinski definition) is 1. The maximum absolute atomic E-state index is 13.5. The van der Waals surface area contributed by atoms with Crippen LogP contribution in [0.1, 0.15) is 16.8 Å². The Labute approximate surface area is 190 Å². The van der Waals surface area contributed by atoms with Gasteiger partial charge in [-0.05, 0) is 62.2 Å². The van der Waals surface area contributed by atoms with Gasteiger partial charge in [0.25, 0.3) is 5.56 Å². The number of anilines is 1. The Morgan fingerprint density at radius 2 is 1.73 bits per heavy atom. The van der Waals surface area contributed by atoms with E-state index in [2.05, 4.69) is 5.32 Å². The molecular formula is C25H26N4O4. The number of amides is 1. The minimum atomic E-state index is -0.574. The number of ether oxygens (including phenoxy) is 1. The maximum Gasteiger partial charge on any atom is 0.336 e. The van der Waals surface area contributed by atoms with E-state index in [1.807, 2.05) is 32.9 Å². The lowest BCUT2D eigenvalue weighted by Gasteiger charge is -2.15. The van der Waals surface area contributed by atoms with Crippen LogP contribution in [-0.2, 0) is 18.4 Å². The molecule has 8 nitrogen and oxygen atoms in total. The topological polar surface area (TPSA) is 87.3 Å². The van der Waals surface area contributed by atoms with Gasteiger partial charge in [0.05, 0.1) is 24.0 Å². The van der Waals surface area contributed by atoms with Gasteiger partial charge in [0.15, 0.2) is 0 Å². The molecule has 2 heterocycles. The van der Waals surface area contributed by atoms with Crippen molar-refractivity contribution >= 4 is 22.6 Å². The first-order valence-electron chi connectivity index (χ1n) is 10.5. The third-order valence-corrected chi connectivity index (χ3v) is 5.76. The Kier molecular flexibility index (Phi) is 5.68. The molecule has 4 aromatic rings. The van der Waals surface area contributed by atoms with Crippen molar-refractivity contribution in [3.8, 4) is 11.4 Å². The number of aryl methyl sites for hydroxylation is 4. The summed E-state index contributed by atoms with van der Waals surface area (Å²) < 4.78 is 9.53. The predicted octanol–water partition coefficient (Wildman–Crippen LogP) is 3.06. The van der Waals surface area contributed by atoms with Crippen LogP contribution in [0.3, 0.4) is 0 Å². The van der Waals surface area contributed by atoms with Crippen molar-refractivity contribution in [3.05, 3.63) is 86.2 Å². The van der Waals surface area contributed by atoms with Gasteiger partial charge in [0.1, 0.15) is 17.8 Å². The van der Waals surface area contributed by atoms with Crippen molar-refractivity contribution in [2.45, 2.75) is 27.3 Å². The molecule has 0 radical (unpaired) electrons. The van der Waals surface area contributed by atoms with E-state index < -0.39 is 17.2 Å². The van der Waals surface area contributed by atoms with Crippen LogP contribution in [-0.4, -0.2) is 26.7 Å². The second kappa shape index (κ2) is 8.46. The number of benzene rings is 2. The van der Waals surface area contributed by atoms with E-state index in [1.165, 1.54) is 11.7 Å². The van der Waals surface area contributed by atoms with Gasteiger partial charge in [-0.2, -0.15) is 0 Å². The van der Waals surface area contributed by atoms with Crippen LogP contribution >= 0.6 is 0 Å². The summed E-state index contributed by atoms with van der Waals surface area (Å²) in [5, 5.41) is 2.83. The summed E-state index contributed by atoms with van der Waals surface area (Å²) in [6.45, 7) is 5.39. The SMILES string of the molecule is COc1ccc(C)cc1NC(=O)Cn1c(=O)n(-c2cccc(C)c2)c(=O)c2c1cc(C)n2C. The van der Waals surface area contributed by atoms with E-state index in [4.69, 9.17) is 4.74 Å². The van der Waals surface area contributed by atoms with Crippen LogP contribution in [0.5, 0.6) is 5.75 Å². The van der Waals surface area contributed by atoms with E-state index >= 15 is 0 Å². The zero-order valence-corrected chi connectivity index (χ0v) is 19.3. The molecule has 1 N–H and O–H groups in total. The first-order chi connectivity index (χ1) is 15.7. The monoisotopic (exact) mass is 446 g/mol. The van der Waals surface area contributed by atoms with E-state index in [9.17, 15) is 14.4 Å². The Balaban J connectivity index is 1.86. The standard InChI is InChI=1S/C25H26N4O4/c1-15-7-6-8-18(11-15)29-24(31)23-20(13-17(3)27(23)4)28(25(29)32)14-22(30)26-19-12-16(2)9-10-21(19)33-5/h6-13H,14H2,1-5H3,(H,26,30). The number of nitrogens with zero attached hydrogens (tertiary/aromatic N) is 3. The van der Waals surface area contributed by atoms with Gasteiger partial charge in [0.2, 0.25) is 5.91 Å². The van der Waals surface area contributed by atoms with Crippen molar-refractivity contribution in [3.63, 3.8) is 0 Å². The summed E-state index contributed by atoms with van der Waals surface area (Å²) in [4.78, 5) is 39.9. The first kappa shape index (κ1) is 22.1. The van der Waals surface area contributed by atoms with Crippen LogP contribution in [0.25, 0.3) is 16.7 Å². The Morgan fingerprint density at radius 1 is 1.00 bits per heavy atom. The van der Waals surface area contributed by atoms with Gasteiger partial charge in [-0.25, -0.2) is 9.36 Å². The maximum atomic E-state index is 13.5. The molecule has 170 valence electrons. The van der Waals surface area contributed by atoms with Gasteiger partial charge >= 0.3 is 5.69 Å². The molecule has 0 fully saturated rings. The molecule has 2 aromatic carbocycles. The van der Waals surface area contributed by atoms with E-state index in [0.717, 1.165) is 21.4 Å². The highest BCUT2D eigenvalue weighted by Gasteiger charge is 2.20. The summed E-state index contributed by atoms with van der Waals surface area (Å²) in [6, 6.07) is 14.4. The highest BCUT2D eigenvalue weighted by molar-refractivity contribution is 5.93. The largest absolute Gasteiger partial charge is 0.495 e. The molecule has 33 heavy (non-hydrogen) atoms. The molecule has 0 saturated carbocycles. The van der Waals surface area contributed by atoms with Crippen molar-refractivity contribution < 1.29 is 9.53 Å². The fourth-order valence-electron chi connectivity index (χ4n) is 3.99. The molecule has 8 heteroatoms. The molecule has 0 atom stereocenters. The van der Waals surface area contributed by atoms with E-state index in [0.29, 0.717) is 28.2 Å². The molecule has 2 aromatic heterocycles. The van der Waals surface area contributed by atoms with Gasteiger partial charge in [-0.1, -0.05) is 18.2 Å². The van der Waals surface area contributed by atoms with Crippen LogP contribution in [0.4, 0.5) is 5.69 Å². The van der Waals surface area contributed by atoms with Gasteiger partial charge < -0.3 is 14.6 Å². The summed E-state index contributed by atoms with van der Waals surface area (Å²) in [7, 11) is 3.30. The number of aromatic nitrogens is 3. The summed E-state index contributed by atoms with van der Waals surface area (Å²) >= 11 is 0. The minimum Gasteiger partial charge on any atom is -0.495 e. The molecule has 0 spiro atoms. The normalized spacial score (nSPS) is 11.1. The molecule has 0 aliphatic rings. The zero-order chi connectivity index (χ0) is 23.9. The fourth-order valence-corrected chi connectivity index (χ4v) is 3.99. The van der Waals surface area contributed by atoms with E-state index in [1.54, 1.807) is 48.0 Å². The van der Waals surface area contributed by atoms with Crippen molar-refractivity contribution in [2.75, 3.05) is 12.4 Å². The Hall–Kier alpha value is -4.07. The molecule has 0 aliphatic heterocycles. The van der Waals surface area contributed by atoms with Crippen molar-refractivity contribution in [1.82, 2.24) is 13.7 Å². The molecule has 4 rings (SSSR count). The smallest absolute Gasteiger partial charge is 0.336 e. The van der Waals surface area contributed by atoms with Gasteiger partial charge in [-0.3, -0.25) is 14.2 Å². The van der Waals surface area contributed by atoms with Crippen LogP contribution < -0.4 is 21.3 Å². The third-order valence-electron chi connectivity index (χ3n) is 5.76. The Bertz CT molecular complexity index is 1510. The number of carbonyl (C=O) groups is 1. The third kappa shape index (κ3) is 3.95. The summed E-state index contributed by atoms with van der Waals surface area (Å²) in [5.41, 5.74) is 3.43. The van der Waals surface area contributed by atoms with Gasteiger partial charge in [-0.15, -0.1) is 0 Å². The fraction of sp³-hybridized carbons (Fsp3) is 0.240. The number of nitrogens with one attached hydrogen (secondary N) is 1. The van der Waals surface area contributed by atoms with Gasteiger partial charge in [0, 0.05) is 12.7 Å². The summed E-state index contributed by atoms with van der Waals surface area (Å²) in [6.07, 6.45) is 0. The molecule has 0 saturated heterocycles. The molecule has 0 unspecified atom stereocenters. The number of carbonyl (C=O) groups excluding carboxylic acids is 1. The molecule has 0 bridgehead atoms. The number of fused-ring (bicyclic) bond motifs is 1.